The van der Waals surface area contributed by atoms with Crippen LogP contribution in [0.5, 0.6) is 0 Å². The number of ether oxygens (including phenoxy) is 2. The molecule has 5 rings (SSSR count). The Balaban J connectivity index is 0.000000328. The second-order valence-corrected chi connectivity index (χ2v) is 10.2. The monoisotopic (exact) mass is 558 g/mol. The quantitative estimate of drug-likeness (QED) is 0.285. The minimum atomic E-state index is -0.291. The van der Waals surface area contributed by atoms with Gasteiger partial charge in [-0.2, -0.15) is 0 Å². The molecule has 0 N–H and O–H groups in total. The van der Waals surface area contributed by atoms with Crippen LogP contribution < -0.4 is 9.80 Å². The molecule has 1 saturated carbocycles. The van der Waals surface area contributed by atoms with Gasteiger partial charge < -0.3 is 24.2 Å². The molecular formula is C32H38N4O5. The highest BCUT2D eigenvalue weighted by Crippen LogP contribution is 2.40. The highest BCUT2D eigenvalue weighted by atomic mass is 16.5. The van der Waals surface area contributed by atoms with Gasteiger partial charge in [-0.25, -0.2) is 9.78 Å². The topological polar surface area (TPSA) is 92.3 Å². The van der Waals surface area contributed by atoms with Crippen LogP contribution in [-0.2, 0) is 14.3 Å². The number of carbonyl (C=O) groups is 3. The molecule has 41 heavy (non-hydrogen) atoms. The molecule has 2 fully saturated rings. The van der Waals surface area contributed by atoms with Gasteiger partial charge in [-0.15, -0.1) is 0 Å². The molecule has 3 aromatic rings. The lowest BCUT2D eigenvalue weighted by molar-refractivity contribution is -0.107. The summed E-state index contributed by atoms with van der Waals surface area (Å²) in [6, 6.07) is 18.3. The Kier molecular flexibility index (Phi) is 10.5. The first-order valence-corrected chi connectivity index (χ1v) is 13.9. The number of piperazine rings is 1. The molecule has 0 atom stereocenters. The van der Waals surface area contributed by atoms with Crippen LogP contribution in [0, 0.1) is 6.92 Å². The maximum absolute atomic E-state index is 12.9. The van der Waals surface area contributed by atoms with Gasteiger partial charge in [0.1, 0.15) is 5.82 Å². The van der Waals surface area contributed by atoms with Crippen molar-refractivity contribution in [3.8, 4) is 0 Å². The molecule has 0 bridgehead atoms. The zero-order chi connectivity index (χ0) is 29.2. The van der Waals surface area contributed by atoms with Gasteiger partial charge in [-0.1, -0.05) is 24.3 Å². The molecule has 0 radical (unpaired) electrons. The minimum absolute atomic E-state index is 0.0227. The first kappa shape index (κ1) is 29.7. The fraction of sp³-hybridized carbons (Fsp3) is 0.375. The van der Waals surface area contributed by atoms with Crippen molar-refractivity contribution in [3.63, 3.8) is 0 Å². The van der Waals surface area contributed by atoms with Crippen LogP contribution in [0.2, 0.25) is 0 Å². The van der Waals surface area contributed by atoms with Crippen LogP contribution in [0.15, 0.2) is 66.9 Å². The highest BCUT2D eigenvalue weighted by molar-refractivity contribution is 5.95. The molecule has 1 saturated heterocycles. The number of pyridine rings is 1. The van der Waals surface area contributed by atoms with E-state index in [1.165, 1.54) is 31.1 Å². The second kappa shape index (κ2) is 14.4. The van der Waals surface area contributed by atoms with E-state index in [0.29, 0.717) is 43.3 Å². The molecule has 0 spiro atoms. The lowest BCUT2D eigenvalue weighted by atomic mass is 10.1. The highest BCUT2D eigenvalue weighted by Gasteiger charge is 2.27. The third-order valence-electron chi connectivity index (χ3n) is 7.29. The number of carbonyl (C=O) groups excluding carboxylic acids is 3. The van der Waals surface area contributed by atoms with Crippen molar-refractivity contribution < 1.29 is 23.9 Å². The Bertz CT molecular complexity index is 1300. The van der Waals surface area contributed by atoms with Gasteiger partial charge in [0.05, 0.1) is 19.3 Å². The largest absolute Gasteiger partial charge is 0.465 e. The van der Waals surface area contributed by atoms with Gasteiger partial charge in [0, 0.05) is 57.3 Å². The number of nitrogens with zero attached hydrogens (tertiary/aromatic N) is 4. The van der Waals surface area contributed by atoms with E-state index in [1.807, 2.05) is 29.3 Å². The molecule has 2 aromatic carbocycles. The summed E-state index contributed by atoms with van der Waals surface area (Å²) in [6.45, 7) is 5.95. The first-order valence-electron chi connectivity index (χ1n) is 13.9. The molecule has 2 amide bonds. The van der Waals surface area contributed by atoms with Crippen molar-refractivity contribution in [2.24, 2.45) is 0 Å². The van der Waals surface area contributed by atoms with Gasteiger partial charge in [0.25, 0.3) is 5.91 Å². The molecule has 0 unspecified atom stereocenters. The average molecular weight is 559 g/mol. The zero-order valence-corrected chi connectivity index (χ0v) is 24.0. The molecule has 9 nitrogen and oxygen atoms in total. The number of hydrogen-bond acceptors (Lipinski definition) is 7. The predicted molar refractivity (Wildman–Crippen MR) is 159 cm³/mol. The van der Waals surface area contributed by atoms with Crippen molar-refractivity contribution in [1.82, 2.24) is 9.88 Å². The number of anilines is 2. The predicted octanol–water partition coefficient (Wildman–Crippen LogP) is 4.31. The summed E-state index contributed by atoms with van der Waals surface area (Å²) in [5, 5.41) is 0. The number of methoxy groups -OCH3 is 2. The Morgan fingerprint density at radius 2 is 1.66 bits per heavy atom. The number of benzene rings is 2. The summed E-state index contributed by atoms with van der Waals surface area (Å²) in [5.74, 6) is 1.47. The molecule has 1 aliphatic carbocycles. The van der Waals surface area contributed by atoms with E-state index in [4.69, 9.17) is 9.72 Å². The van der Waals surface area contributed by atoms with E-state index in [-0.39, 0.29) is 11.9 Å². The number of hydrogen-bond donors (Lipinski definition) is 0. The molecular weight excluding hydrogens is 520 g/mol. The smallest absolute Gasteiger partial charge is 0.337 e. The Hall–Kier alpha value is -4.24. The fourth-order valence-corrected chi connectivity index (χ4v) is 4.78. The Morgan fingerprint density at radius 1 is 0.976 bits per heavy atom. The van der Waals surface area contributed by atoms with Gasteiger partial charge >= 0.3 is 5.97 Å². The summed E-state index contributed by atoms with van der Waals surface area (Å²) >= 11 is 0. The van der Waals surface area contributed by atoms with Crippen molar-refractivity contribution in [3.05, 3.63) is 89.1 Å². The molecule has 1 aromatic heterocycles. The van der Waals surface area contributed by atoms with E-state index in [9.17, 15) is 14.4 Å². The van der Waals surface area contributed by atoms with Crippen LogP contribution in [0.1, 0.15) is 50.6 Å². The van der Waals surface area contributed by atoms with E-state index in [2.05, 4.69) is 22.6 Å². The van der Waals surface area contributed by atoms with Gasteiger partial charge in [-0.05, 0) is 73.2 Å². The lowest BCUT2D eigenvalue weighted by Crippen LogP contribution is -2.49. The van der Waals surface area contributed by atoms with Crippen LogP contribution in [0.25, 0.3) is 0 Å². The molecule has 216 valence electrons. The van der Waals surface area contributed by atoms with Crippen molar-refractivity contribution in [2.75, 3.05) is 63.4 Å². The number of aromatic nitrogens is 1. The van der Waals surface area contributed by atoms with Crippen molar-refractivity contribution >= 4 is 29.8 Å². The van der Waals surface area contributed by atoms with Gasteiger partial charge in [0.2, 0.25) is 6.41 Å². The molecule has 2 heterocycles. The molecule has 9 heteroatoms. The van der Waals surface area contributed by atoms with Gasteiger partial charge in [-0.3, -0.25) is 9.59 Å². The van der Waals surface area contributed by atoms with E-state index >= 15 is 0 Å². The third-order valence-corrected chi connectivity index (χ3v) is 7.29. The second-order valence-electron chi connectivity index (χ2n) is 10.2. The summed E-state index contributed by atoms with van der Waals surface area (Å²) in [4.78, 5) is 45.5. The summed E-state index contributed by atoms with van der Waals surface area (Å²) in [5.41, 5.74) is 4.55. The normalized spacial score (nSPS) is 14.5. The molecule has 2 aliphatic rings. The van der Waals surface area contributed by atoms with Gasteiger partial charge in [0.15, 0.2) is 0 Å². The van der Waals surface area contributed by atoms with Crippen LogP contribution in [0.4, 0.5) is 11.5 Å². The van der Waals surface area contributed by atoms with Crippen molar-refractivity contribution in [1.29, 1.82) is 0 Å². The van der Waals surface area contributed by atoms with Crippen molar-refractivity contribution in [2.45, 2.75) is 25.7 Å². The van der Waals surface area contributed by atoms with E-state index in [0.717, 1.165) is 31.0 Å². The van der Waals surface area contributed by atoms with Crippen LogP contribution in [-0.4, -0.2) is 81.7 Å². The first-order chi connectivity index (χ1) is 19.9. The summed E-state index contributed by atoms with van der Waals surface area (Å²) in [7, 11) is 2.97. The minimum Gasteiger partial charge on any atom is -0.465 e. The van der Waals surface area contributed by atoms with E-state index < -0.39 is 0 Å². The average Bonchev–Trinajstić information content (AvgIpc) is 3.88. The van der Waals surface area contributed by atoms with Crippen LogP contribution >= 0.6 is 0 Å². The maximum atomic E-state index is 12.9. The SMILES string of the molecule is COC(=O)c1ccccc1.COCCN(C=O)c1ccc(C(=O)N2CCN(c3ncc(C4CC4)cc3C)CC2)cc1. The number of esters is 1. The third kappa shape index (κ3) is 7.91. The zero-order valence-electron chi connectivity index (χ0n) is 24.0. The van der Waals surface area contributed by atoms with E-state index in [1.54, 1.807) is 48.4 Å². The summed E-state index contributed by atoms with van der Waals surface area (Å²) in [6.07, 6.45) is 5.36. The lowest BCUT2D eigenvalue weighted by Gasteiger charge is -2.36. The fourth-order valence-electron chi connectivity index (χ4n) is 4.78. The summed E-state index contributed by atoms with van der Waals surface area (Å²) < 4.78 is 9.53. The number of rotatable bonds is 9. The number of aryl methyl sites for hydroxylation is 1. The van der Waals surface area contributed by atoms with Crippen LogP contribution in [0.3, 0.4) is 0 Å². The Morgan fingerprint density at radius 3 is 2.22 bits per heavy atom. The maximum Gasteiger partial charge on any atom is 0.337 e. The Labute approximate surface area is 241 Å². The standard InChI is InChI=1S/C24H30N4O3.C8H8O2/c1-18-15-21(19-3-4-19)16-25-23(18)26-9-11-27(12-10-26)24(30)20-5-7-22(8-6-20)28(17-29)13-14-31-2;1-10-8(9)7-5-3-2-4-6-7/h5-8,15-17,19H,3-4,9-14H2,1-2H3;2-6H,1H3. The molecule has 1 aliphatic heterocycles. The number of amides is 2.